The zero-order valence-corrected chi connectivity index (χ0v) is 10.0. The lowest BCUT2D eigenvalue weighted by molar-refractivity contribution is -0.147. The Morgan fingerprint density at radius 1 is 1.06 bits per heavy atom. The van der Waals surface area contributed by atoms with Gasteiger partial charge in [-0.3, -0.25) is 13.8 Å². The second-order valence-corrected chi connectivity index (χ2v) is 6.04. The van der Waals surface area contributed by atoms with Gasteiger partial charge in [0.15, 0.2) is 0 Å². The van der Waals surface area contributed by atoms with Crippen LogP contribution >= 0.6 is 0 Å². The summed E-state index contributed by atoms with van der Waals surface area (Å²) in [4.78, 5) is 21.7. The van der Waals surface area contributed by atoms with Crippen LogP contribution in [-0.4, -0.2) is 42.9 Å². The van der Waals surface area contributed by atoms with Crippen LogP contribution in [-0.2, 0) is 23.9 Å². The molecular formula is C9H14O7S. The van der Waals surface area contributed by atoms with Crippen LogP contribution < -0.4 is 0 Å². The van der Waals surface area contributed by atoms with Crippen molar-refractivity contribution in [2.75, 3.05) is 7.11 Å². The van der Waals surface area contributed by atoms with Crippen molar-refractivity contribution in [2.45, 2.75) is 24.5 Å². The summed E-state index contributed by atoms with van der Waals surface area (Å²) in [7, 11) is -2.90. The molecule has 0 radical (unpaired) electrons. The maximum absolute atomic E-state index is 11.5. The van der Waals surface area contributed by atoms with E-state index in [2.05, 4.69) is 4.18 Å². The first-order chi connectivity index (χ1) is 7.77. The molecular weight excluding hydrogens is 252 g/mol. The van der Waals surface area contributed by atoms with E-state index in [4.69, 9.17) is 10.2 Å². The van der Waals surface area contributed by atoms with E-state index in [0.29, 0.717) is 0 Å². The smallest absolute Gasteiger partial charge is 0.306 e. The molecule has 1 aliphatic rings. The zero-order valence-electron chi connectivity index (χ0n) is 9.20. The van der Waals surface area contributed by atoms with Gasteiger partial charge in [0.1, 0.15) is 0 Å². The van der Waals surface area contributed by atoms with Crippen LogP contribution in [0.4, 0.5) is 0 Å². The Hall–Kier alpha value is -1.15. The van der Waals surface area contributed by atoms with E-state index in [0.717, 1.165) is 7.11 Å². The van der Waals surface area contributed by atoms with Gasteiger partial charge in [-0.25, -0.2) is 0 Å². The lowest BCUT2D eigenvalue weighted by atomic mass is 9.81. The Morgan fingerprint density at radius 2 is 1.47 bits per heavy atom. The third kappa shape index (κ3) is 3.16. The predicted molar refractivity (Wildman–Crippen MR) is 55.8 cm³/mol. The summed E-state index contributed by atoms with van der Waals surface area (Å²) in [6.07, 6.45) is -0.245. The minimum Gasteiger partial charge on any atom is -0.481 e. The van der Waals surface area contributed by atoms with Gasteiger partial charge in [-0.1, -0.05) is 0 Å². The first kappa shape index (κ1) is 13.9. The van der Waals surface area contributed by atoms with Crippen LogP contribution in [0.15, 0.2) is 0 Å². The van der Waals surface area contributed by atoms with E-state index < -0.39 is 39.1 Å². The Labute approximate surface area is 98.5 Å². The van der Waals surface area contributed by atoms with E-state index in [9.17, 15) is 18.0 Å². The molecule has 98 valence electrons. The van der Waals surface area contributed by atoms with Gasteiger partial charge in [0.2, 0.25) is 0 Å². The number of carboxylic acid groups (broad SMARTS) is 2. The van der Waals surface area contributed by atoms with Crippen LogP contribution in [0.3, 0.4) is 0 Å². The summed E-state index contributed by atoms with van der Waals surface area (Å²) in [6.45, 7) is 0. The summed E-state index contributed by atoms with van der Waals surface area (Å²) < 4.78 is 27.3. The molecule has 1 fully saturated rings. The molecule has 0 spiro atoms. The second kappa shape index (κ2) is 5.01. The molecule has 17 heavy (non-hydrogen) atoms. The fourth-order valence-corrected chi connectivity index (χ4v) is 3.25. The summed E-state index contributed by atoms with van der Waals surface area (Å²) in [5.74, 6) is -4.26. The number of hydrogen-bond donors (Lipinski definition) is 2. The number of hydrogen-bond acceptors (Lipinski definition) is 5. The van der Waals surface area contributed by atoms with Gasteiger partial charge in [-0.15, -0.1) is 0 Å². The Kier molecular flexibility index (Phi) is 4.10. The quantitative estimate of drug-likeness (QED) is 0.683. The molecule has 0 amide bonds. The zero-order chi connectivity index (χ0) is 13.2. The molecule has 1 aliphatic carbocycles. The summed E-state index contributed by atoms with van der Waals surface area (Å²) in [5.41, 5.74) is 0. The lowest BCUT2D eigenvalue weighted by Crippen LogP contribution is -2.38. The topological polar surface area (TPSA) is 118 Å². The van der Waals surface area contributed by atoms with Gasteiger partial charge in [-0.2, -0.15) is 8.42 Å². The Balaban J connectivity index is 2.94. The first-order valence-electron chi connectivity index (χ1n) is 5.03. The molecule has 8 heteroatoms. The Morgan fingerprint density at radius 3 is 1.76 bits per heavy atom. The highest BCUT2D eigenvalue weighted by Crippen LogP contribution is 2.33. The number of carboxylic acids is 2. The van der Waals surface area contributed by atoms with Crippen LogP contribution in [0.2, 0.25) is 0 Å². The fraction of sp³-hybridized carbons (Fsp3) is 0.778. The molecule has 2 unspecified atom stereocenters. The molecule has 1 rings (SSSR count). The predicted octanol–water partition coefficient (Wildman–Crippen LogP) is -0.0833. The third-order valence-corrected chi connectivity index (χ3v) is 4.67. The maximum Gasteiger partial charge on any atom is 0.306 e. The van der Waals surface area contributed by atoms with E-state index in [-0.39, 0.29) is 19.3 Å². The molecule has 2 N–H and O–H groups in total. The molecule has 0 bridgehead atoms. The average Bonchev–Trinajstić information content (AvgIpc) is 2.28. The highest BCUT2D eigenvalue weighted by molar-refractivity contribution is 7.87. The summed E-state index contributed by atoms with van der Waals surface area (Å²) >= 11 is 0. The van der Waals surface area contributed by atoms with E-state index in [1.165, 1.54) is 0 Å². The van der Waals surface area contributed by atoms with Gasteiger partial charge < -0.3 is 10.2 Å². The lowest BCUT2D eigenvalue weighted by Gasteiger charge is -2.29. The SMILES string of the molecule is COS(=O)(=O)C1CC(C(=O)O)CC(C(=O)O)C1. The minimum atomic E-state index is -3.88. The van der Waals surface area contributed by atoms with Crippen molar-refractivity contribution in [2.24, 2.45) is 11.8 Å². The molecule has 0 aliphatic heterocycles. The summed E-state index contributed by atoms with van der Waals surface area (Å²) in [5, 5.41) is 16.7. The van der Waals surface area contributed by atoms with Crippen molar-refractivity contribution in [3.8, 4) is 0 Å². The number of carbonyl (C=O) groups is 2. The van der Waals surface area contributed by atoms with Crippen molar-refractivity contribution >= 4 is 22.1 Å². The van der Waals surface area contributed by atoms with Gasteiger partial charge in [0, 0.05) is 0 Å². The van der Waals surface area contributed by atoms with Crippen molar-refractivity contribution in [3.63, 3.8) is 0 Å². The molecule has 0 heterocycles. The standard InChI is InChI=1S/C9H14O7S/c1-16-17(14,15)7-3-5(8(10)11)2-6(4-7)9(12)13/h5-7H,2-4H2,1H3,(H,10,11)(H,12,13). The number of aliphatic carboxylic acids is 2. The van der Waals surface area contributed by atoms with Crippen molar-refractivity contribution in [1.82, 2.24) is 0 Å². The normalized spacial score (nSPS) is 29.8. The van der Waals surface area contributed by atoms with E-state index in [1.807, 2.05) is 0 Å². The van der Waals surface area contributed by atoms with Crippen molar-refractivity contribution in [3.05, 3.63) is 0 Å². The number of rotatable bonds is 4. The molecule has 0 saturated heterocycles. The van der Waals surface area contributed by atoms with Crippen LogP contribution in [0.25, 0.3) is 0 Å². The first-order valence-corrected chi connectivity index (χ1v) is 6.50. The summed E-state index contributed by atoms with van der Waals surface area (Å²) in [6, 6.07) is 0. The van der Waals surface area contributed by atoms with Crippen LogP contribution in [0.1, 0.15) is 19.3 Å². The third-order valence-electron chi connectivity index (χ3n) is 3.00. The highest BCUT2D eigenvalue weighted by atomic mass is 32.2. The fourth-order valence-electron chi connectivity index (χ4n) is 2.04. The largest absolute Gasteiger partial charge is 0.481 e. The second-order valence-electron chi connectivity index (χ2n) is 4.06. The molecule has 2 atom stereocenters. The highest BCUT2D eigenvalue weighted by Gasteiger charge is 2.41. The molecule has 0 aromatic rings. The van der Waals surface area contributed by atoms with Gasteiger partial charge in [0.25, 0.3) is 10.1 Å². The van der Waals surface area contributed by atoms with Crippen LogP contribution in [0, 0.1) is 11.8 Å². The molecule has 7 nitrogen and oxygen atoms in total. The molecule has 1 saturated carbocycles. The van der Waals surface area contributed by atoms with Crippen molar-refractivity contribution < 1.29 is 32.4 Å². The molecule has 0 aromatic carbocycles. The minimum absolute atomic E-state index is 0.0413. The van der Waals surface area contributed by atoms with Gasteiger partial charge in [0.05, 0.1) is 24.2 Å². The van der Waals surface area contributed by atoms with Crippen molar-refractivity contribution in [1.29, 1.82) is 0 Å². The van der Waals surface area contributed by atoms with Crippen LogP contribution in [0.5, 0.6) is 0 Å². The van der Waals surface area contributed by atoms with E-state index >= 15 is 0 Å². The van der Waals surface area contributed by atoms with Gasteiger partial charge in [-0.05, 0) is 19.3 Å². The maximum atomic E-state index is 11.5. The Bertz CT molecular complexity index is 391. The molecule has 0 aromatic heterocycles. The average molecular weight is 266 g/mol. The van der Waals surface area contributed by atoms with Gasteiger partial charge >= 0.3 is 11.9 Å². The van der Waals surface area contributed by atoms with E-state index in [1.54, 1.807) is 0 Å². The monoisotopic (exact) mass is 266 g/mol.